The molecule has 0 unspecified atom stereocenters. The molecule has 0 rings (SSSR count). The van der Waals surface area contributed by atoms with Crippen LogP contribution in [0.4, 0.5) is 0 Å². The lowest BCUT2D eigenvalue weighted by molar-refractivity contribution is -0.138. The van der Waals surface area contributed by atoms with E-state index in [0.29, 0.717) is 24.6 Å². The van der Waals surface area contributed by atoms with E-state index >= 15 is 0 Å². The van der Waals surface area contributed by atoms with Crippen molar-refractivity contribution in [1.82, 2.24) is 0 Å². The summed E-state index contributed by atoms with van der Waals surface area (Å²) < 4.78 is 0. The summed E-state index contributed by atoms with van der Waals surface area (Å²) >= 11 is 1.48. The minimum atomic E-state index is -0.968. The summed E-state index contributed by atoms with van der Waals surface area (Å²) in [5.41, 5.74) is 10.8. The fraction of sp³-hybridized carbons (Fsp3) is 0.750. The Kier molecular flexibility index (Phi) is 7.23. The van der Waals surface area contributed by atoms with E-state index in [1.165, 1.54) is 11.8 Å². The van der Waals surface area contributed by atoms with E-state index in [-0.39, 0.29) is 0 Å². The van der Waals surface area contributed by atoms with Gasteiger partial charge in [0.15, 0.2) is 5.17 Å². The molecule has 5 N–H and O–H groups in total. The second kappa shape index (κ2) is 7.64. The highest BCUT2D eigenvalue weighted by Crippen LogP contribution is 2.00. The van der Waals surface area contributed by atoms with Crippen molar-refractivity contribution in [3.05, 3.63) is 0 Å². The number of carbonyl (C=O) groups is 1. The number of nitrogens with zero attached hydrogens (tertiary/aromatic N) is 1. The normalized spacial score (nSPS) is 14.0. The molecule has 0 fully saturated rings. The van der Waals surface area contributed by atoms with Gasteiger partial charge < -0.3 is 16.6 Å². The summed E-state index contributed by atoms with van der Waals surface area (Å²) in [6.07, 6.45) is 1.08. The second-order valence-corrected chi connectivity index (χ2v) is 4.02. The molecule has 0 radical (unpaired) electrons. The van der Waals surface area contributed by atoms with Gasteiger partial charge in [-0.3, -0.25) is 9.79 Å². The molecular weight excluding hydrogens is 202 g/mol. The fourth-order valence-corrected chi connectivity index (χ4v) is 1.30. The molecule has 0 aliphatic carbocycles. The maximum absolute atomic E-state index is 10.3. The topological polar surface area (TPSA) is 102 Å². The fourth-order valence-electron chi connectivity index (χ4n) is 0.817. The van der Waals surface area contributed by atoms with E-state index in [9.17, 15) is 4.79 Å². The molecule has 0 bridgehead atoms. The standard InChI is InChI=1S/C8H17N3O2S/c1-2-14-8(10)11-5-3-4-6(9)7(12)13/h6H,2-5,9H2,1H3,(H2,10,11)(H,12,13)/t6-/m1/s1. The number of carboxylic acids is 1. The molecule has 0 saturated heterocycles. The maximum Gasteiger partial charge on any atom is 0.320 e. The van der Waals surface area contributed by atoms with Gasteiger partial charge in [-0.05, 0) is 18.6 Å². The molecule has 5 nitrogen and oxygen atoms in total. The van der Waals surface area contributed by atoms with Gasteiger partial charge in [0.25, 0.3) is 0 Å². The largest absolute Gasteiger partial charge is 0.480 e. The molecule has 0 aromatic heterocycles. The molecule has 0 aromatic rings. The van der Waals surface area contributed by atoms with Crippen LogP contribution in [0.5, 0.6) is 0 Å². The Balaban J connectivity index is 3.55. The van der Waals surface area contributed by atoms with Gasteiger partial charge in [0.05, 0.1) is 0 Å². The number of carboxylic acid groups (broad SMARTS) is 1. The lowest BCUT2D eigenvalue weighted by Gasteiger charge is -2.03. The third kappa shape index (κ3) is 6.73. The van der Waals surface area contributed by atoms with Crippen LogP contribution < -0.4 is 11.5 Å². The van der Waals surface area contributed by atoms with Crippen molar-refractivity contribution >= 4 is 22.9 Å². The summed E-state index contributed by atoms with van der Waals surface area (Å²) in [5, 5.41) is 9.04. The zero-order valence-corrected chi connectivity index (χ0v) is 9.09. The molecule has 0 aliphatic heterocycles. The van der Waals surface area contributed by atoms with Crippen LogP contribution in [0.1, 0.15) is 19.8 Å². The average molecular weight is 219 g/mol. The first-order chi connectivity index (χ1) is 6.57. The smallest absolute Gasteiger partial charge is 0.320 e. The molecular formula is C8H17N3O2S. The Morgan fingerprint density at radius 2 is 2.29 bits per heavy atom. The lowest BCUT2D eigenvalue weighted by Crippen LogP contribution is -2.30. The molecule has 0 amide bonds. The van der Waals surface area contributed by atoms with Crippen LogP contribution in [0.25, 0.3) is 0 Å². The number of amidine groups is 1. The van der Waals surface area contributed by atoms with E-state index < -0.39 is 12.0 Å². The number of hydrogen-bond acceptors (Lipinski definition) is 4. The van der Waals surface area contributed by atoms with Crippen molar-refractivity contribution < 1.29 is 9.90 Å². The van der Waals surface area contributed by atoms with Crippen LogP contribution in [-0.2, 0) is 4.79 Å². The number of thioether (sulfide) groups is 1. The molecule has 6 heteroatoms. The highest BCUT2D eigenvalue weighted by molar-refractivity contribution is 8.13. The van der Waals surface area contributed by atoms with Crippen molar-refractivity contribution in [2.75, 3.05) is 12.3 Å². The summed E-state index contributed by atoms with van der Waals surface area (Å²) in [5.74, 6) is -0.0749. The number of aliphatic imine (C=N–C) groups is 1. The molecule has 0 spiro atoms. The predicted molar refractivity (Wildman–Crippen MR) is 59.5 cm³/mol. The lowest BCUT2D eigenvalue weighted by atomic mass is 10.2. The van der Waals surface area contributed by atoms with E-state index in [1.54, 1.807) is 0 Å². The van der Waals surface area contributed by atoms with E-state index in [4.69, 9.17) is 16.6 Å². The molecule has 82 valence electrons. The number of hydrogen-bond donors (Lipinski definition) is 3. The molecule has 14 heavy (non-hydrogen) atoms. The first kappa shape index (κ1) is 13.2. The number of nitrogens with two attached hydrogens (primary N) is 2. The van der Waals surface area contributed by atoms with Crippen molar-refractivity contribution in [3.63, 3.8) is 0 Å². The van der Waals surface area contributed by atoms with Crippen molar-refractivity contribution in [1.29, 1.82) is 0 Å². The van der Waals surface area contributed by atoms with Gasteiger partial charge in [-0.2, -0.15) is 0 Å². The summed E-state index contributed by atoms with van der Waals surface area (Å²) in [7, 11) is 0. The van der Waals surface area contributed by atoms with Gasteiger partial charge in [-0.15, -0.1) is 0 Å². The highest BCUT2D eigenvalue weighted by atomic mass is 32.2. The SMILES string of the molecule is CCSC(N)=NCCC[C@@H](N)C(=O)O. The molecule has 0 aliphatic rings. The third-order valence-electron chi connectivity index (χ3n) is 1.55. The van der Waals surface area contributed by atoms with Crippen LogP contribution in [0.3, 0.4) is 0 Å². The van der Waals surface area contributed by atoms with Crippen molar-refractivity contribution in [3.8, 4) is 0 Å². The Morgan fingerprint density at radius 1 is 1.64 bits per heavy atom. The van der Waals surface area contributed by atoms with Crippen LogP contribution >= 0.6 is 11.8 Å². The maximum atomic E-state index is 10.3. The number of rotatable bonds is 6. The second-order valence-electron chi connectivity index (χ2n) is 2.74. The Hall–Kier alpha value is -0.750. The van der Waals surface area contributed by atoms with Crippen LogP contribution in [0.2, 0.25) is 0 Å². The summed E-state index contributed by atoms with van der Waals surface area (Å²) in [6, 6.07) is -0.787. The first-order valence-corrected chi connectivity index (χ1v) is 5.47. The summed E-state index contributed by atoms with van der Waals surface area (Å²) in [6.45, 7) is 2.53. The van der Waals surface area contributed by atoms with Crippen LogP contribution in [-0.4, -0.2) is 34.6 Å². The minimum absolute atomic E-state index is 0.433. The zero-order chi connectivity index (χ0) is 11.0. The van der Waals surface area contributed by atoms with Gasteiger partial charge in [-0.1, -0.05) is 18.7 Å². The highest BCUT2D eigenvalue weighted by Gasteiger charge is 2.09. The van der Waals surface area contributed by atoms with E-state index in [1.807, 2.05) is 6.92 Å². The van der Waals surface area contributed by atoms with Crippen molar-refractivity contribution in [2.24, 2.45) is 16.5 Å². The monoisotopic (exact) mass is 219 g/mol. The van der Waals surface area contributed by atoms with Crippen LogP contribution in [0.15, 0.2) is 4.99 Å². The Morgan fingerprint density at radius 3 is 2.79 bits per heavy atom. The van der Waals surface area contributed by atoms with Crippen molar-refractivity contribution in [2.45, 2.75) is 25.8 Å². The third-order valence-corrected chi connectivity index (χ3v) is 2.26. The van der Waals surface area contributed by atoms with E-state index in [2.05, 4.69) is 4.99 Å². The molecule has 0 aromatic carbocycles. The quantitative estimate of drug-likeness (QED) is 0.337. The van der Waals surface area contributed by atoms with Crippen LogP contribution in [0, 0.1) is 0 Å². The first-order valence-electron chi connectivity index (χ1n) is 4.49. The van der Waals surface area contributed by atoms with Gasteiger partial charge in [0.2, 0.25) is 0 Å². The van der Waals surface area contributed by atoms with E-state index in [0.717, 1.165) is 5.75 Å². The van der Waals surface area contributed by atoms with Gasteiger partial charge >= 0.3 is 5.97 Å². The Bertz CT molecular complexity index is 209. The Labute approximate surface area is 87.9 Å². The molecule has 1 atom stereocenters. The molecule has 0 heterocycles. The zero-order valence-electron chi connectivity index (χ0n) is 8.27. The van der Waals surface area contributed by atoms with Gasteiger partial charge in [0, 0.05) is 6.54 Å². The summed E-state index contributed by atoms with van der Waals surface area (Å²) in [4.78, 5) is 14.4. The predicted octanol–water partition coefficient (Wildman–Crippen LogP) is 0.246. The van der Waals surface area contributed by atoms with Gasteiger partial charge in [-0.25, -0.2) is 0 Å². The molecule has 0 saturated carbocycles. The number of aliphatic carboxylic acids is 1. The average Bonchev–Trinajstić information content (AvgIpc) is 2.12. The minimum Gasteiger partial charge on any atom is -0.480 e. The van der Waals surface area contributed by atoms with Gasteiger partial charge in [0.1, 0.15) is 6.04 Å².